The largest absolute Gasteiger partial charge is 0.367 e. The van der Waals surface area contributed by atoms with Crippen LogP contribution in [0.15, 0.2) is 30.3 Å². The van der Waals surface area contributed by atoms with E-state index in [9.17, 15) is 14.4 Å². The standard InChI is InChI=1S/C18H25N3O4/c1-12(2)16(20-15(22)10-13-6-4-3-5-7-13)18(24)21-8-9-25-14(11-21)17(19)23/h3-7,12,14,16H,8-11H2,1-2H3,(H2,19,23)(H,20,22)/t14-,16-/m1/s1. The predicted octanol–water partition coefficient (Wildman–Crippen LogP) is 0.0826. The van der Waals surface area contributed by atoms with Crippen LogP contribution in [0.2, 0.25) is 0 Å². The van der Waals surface area contributed by atoms with Gasteiger partial charge in [0, 0.05) is 6.54 Å². The second-order valence-corrected chi connectivity index (χ2v) is 6.50. The number of carbonyl (C=O) groups is 3. The molecule has 0 saturated carbocycles. The van der Waals surface area contributed by atoms with Gasteiger partial charge in [-0.1, -0.05) is 44.2 Å². The average Bonchev–Trinajstić information content (AvgIpc) is 2.60. The van der Waals surface area contributed by atoms with Crippen molar-refractivity contribution >= 4 is 17.7 Å². The fourth-order valence-corrected chi connectivity index (χ4v) is 2.74. The number of benzene rings is 1. The SMILES string of the molecule is CC(C)[C@@H](NC(=O)Cc1ccccc1)C(=O)N1CCO[C@@H](C(N)=O)C1. The fraction of sp³-hybridized carbons (Fsp3) is 0.500. The molecule has 2 rings (SSSR count). The summed E-state index contributed by atoms with van der Waals surface area (Å²) in [5, 5.41) is 2.82. The van der Waals surface area contributed by atoms with E-state index in [-0.39, 0.29) is 37.3 Å². The molecule has 3 amide bonds. The van der Waals surface area contributed by atoms with Crippen molar-refractivity contribution in [2.45, 2.75) is 32.4 Å². The number of nitrogens with one attached hydrogen (secondary N) is 1. The number of nitrogens with two attached hydrogens (primary N) is 1. The maximum absolute atomic E-state index is 12.8. The molecule has 1 saturated heterocycles. The maximum Gasteiger partial charge on any atom is 0.248 e. The third-order valence-electron chi connectivity index (χ3n) is 4.15. The lowest BCUT2D eigenvalue weighted by atomic mass is 10.0. The van der Waals surface area contributed by atoms with Gasteiger partial charge in [-0.25, -0.2) is 0 Å². The topological polar surface area (TPSA) is 102 Å². The fourth-order valence-electron chi connectivity index (χ4n) is 2.74. The van der Waals surface area contributed by atoms with Gasteiger partial charge in [0.25, 0.3) is 0 Å². The highest BCUT2D eigenvalue weighted by Gasteiger charge is 2.33. The maximum atomic E-state index is 12.8. The van der Waals surface area contributed by atoms with E-state index in [0.717, 1.165) is 5.56 Å². The molecular weight excluding hydrogens is 322 g/mol. The van der Waals surface area contributed by atoms with E-state index in [2.05, 4.69) is 5.32 Å². The van der Waals surface area contributed by atoms with Gasteiger partial charge >= 0.3 is 0 Å². The molecule has 1 heterocycles. The van der Waals surface area contributed by atoms with Gasteiger partial charge in [-0.05, 0) is 11.5 Å². The van der Waals surface area contributed by atoms with Gasteiger partial charge in [-0.2, -0.15) is 0 Å². The van der Waals surface area contributed by atoms with Gasteiger partial charge in [0.1, 0.15) is 6.04 Å². The van der Waals surface area contributed by atoms with Crippen molar-refractivity contribution in [1.29, 1.82) is 0 Å². The summed E-state index contributed by atoms with van der Waals surface area (Å²) in [6.07, 6.45) is -0.588. The van der Waals surface area contributed by atoms with E-state index in [1.807, 2.05) is 44.2 Å². The Hall–Kier alpha value is -2.41. The van der Waals surface area contributed by atoms with Crippen molar-refractivity contribution in [1.82, 2.24) is 10.2 Å². The van der Waals surface area contributed by atoms with Crippen LogP contribution in [0.25, 0.3) is 0 Å². The molecule has 0 spiro atoms. The number of primary amides is 1. The van der Waals surface area contributed by atoms with Crippen molar-refractivity contribution < 1.29 is 19.1 Å². The van der Waals surface area contributed by atoms with Crippen LogP contribution in [0.3, 0.4) is 0 Å². The van der Waals surface area contributed by atoms with E-state index in [4.69, 9.17) is 10.5 Å². The molecule has 0 radical (unpaired) electrons. The predicted molar refractivity (Wildman–Crippen MR) is 92.4 cm³/mol. The molecule has 2 atom stereocenters. The molecule has 0 bridgehead atoms. The third kappa shape index (κ3) is 5.29. The molecular formula is C18H25N3O4. The van der Waals surface area contributed by atoms with Crippen LogP contribution in [0.1, 0.15) is 19.4 Å². The normalized spacial score (nSPS) is 18.7. The number of nitrogens with zero attached hydrogens (tertiary/aromatic N) is 1. The van der Waals surface area contributed by atoms with Crippen LogP contribution in [-0.4, -0.2) is 54.5 Å². The molecule has 7 heteroatoms. The molecule has 0 aromatic heterocycles. The minimum Gasteiger partial charge on any atom is -0.367 e. The number of carbonyl (C=O) groups excluding carboxylic acids is 3. The Morgan fingerprint density at radius 1 is 1.28 bits per heavy atom. The first-order valence-electron chi connectivity index (χ1n) is 8.41. The molecule has 3 N–H and O–H groups in total. The molecule has 25 heavy (non-hydrogen) atoms. The van der Waals surface area contributed by atoms with E-state index in [0.29, 0.717) is 6.54 Å². The molecule has 7 nitrogen and oxygen atoms in total. The van der Waals surface area contributed by atoms with E-state index in [1.165, 1.54) is 4.90 Å². The zero-order valence-corrected chi connectivity index (χ0v) is 14.6. The lowest BCUT2D eigenvalue weighted by Gasteiger charge is -2.35. The number of hydrogen-bond acceptors (Lipinski definition) is 4. The summed E-state index contributed by atoms with van der Waals surface area (Å²) in [5.41, 5.74) is 6.14. The highest BCUT2D eigenvalue weighted by molar-refractivity contribution is 5.89. The Bertz CT molecular complexity index is 618. The number of amides is 3. The summed E-state index contributed by atoms with van der Waals surface area (Å²) in [6, 6.07) is 8.70. The van der Waals surface area contributed by atoms with Crippen molar-refractivity contribution in [3.8, 4) is 0 Å². The Morgan fingerprint density at radius 2 is 1.96 bits per heavy atom. The summed E-state index contributed by atoms with van der Waals surface area (Å²) in [5.74, 6) is -1.10. The second-order valence-electron chi connectivity index (χ2n) is 6.50. The van der Waals surface area contributed by atoms with Gasteiger partial charge in [-0.3, -0.25) is 14.4 Å². The zero-order chi connectivity index (χ0) is 18.4. The van der Waals surface area contributed by atoms with Crippen molar-refractivity contribution in [3.63, 3.8) is 0 Å². The van der Waals surface area contributed by atoms with E-state index in [1.54, 1.807) is 0 Å². The Morgan fingerprint density at radius 3 is 2.56 bits per heavy atom. The lowest BCUT2D eigenvalue weighted by molar-refractivity contribution is -0.148. The number of rotatable bonds is 6. The average molecular weight is 347 g/mol. The smallest absolute Gasteiger partial charge is 0.248 e. The number of ether oxygens (including phenoxy) is 1. The molecule has 1 aromatic rings. The van der Waals surface area contributed by atoms with Crippen LogP contribution < -0.4 is 11.1 Å². The van der Waals surface area contributed by atoms with Crippen LogP contribution in [-0.2, 0) is 25.5 Å². The van der Waals surface area contributed by atoms with Crippen molar-refractivity contribution in [2.24, 2.45) is 11.7 Å². The molecule has 1 fully saturated rings. The summed E-state index contributed by atoms with van der Waals surface area (Å²) < 4.78 is 5.26. The molecule has 0 unspecified atom stereocenters. The lowest BCUT2D eigenvalue weighted by Crippen LogP contribution is -2.57. The summed E-state index contributed by atoms with van der Waals surface area (Å²) in [4.78, 5) is 37.9. The zero-order valence-electron chi connectivity index (χ0n) is 14.6. The third-order valence-corrected chi connectivity index (χ3v) is 4.15. The van der Waals surface area contributed by atoms with Crippen molar-refractivity contribution in [3.05, 3.63) is 35.9 Å². The summed E-state index contributed by atoms with van der Waals surface area (Å²) >= 11 is 0. The van der Waals surface area contributed by atoms with Gasteiger partial charge in [0.05, 0.1) is 19.6 Å². The molecule has 1 aromatic carbocycles. The Kier molecular flexibility index (Phi) is 6.52. The molecule has 1 aliphatic heterocycles. The quantitative estimate of drug-likeness (QED) is 0.761. The highest BCUT2D eigenvalue weighted by atomic mass is 16.5. The highest BCUT2D eigenvalue weighted by Crippen LogP contribution is 2.12. The second kappa shape index (κ2) is 8.62. The van der Waals surface area contributed by atoms with E-state index >= 15 is 0 Å². The minimum absolute atomic E-state index is 0.0814. The van der Waals surface area contributed by atoms with E-state index < -0.39 is 18.1 Å². The van der Waals surface area contributed by atoms with Crippen LogP contribution in [0.5, 0.6) is 0 Å². The van der Waals surface area contributed by atoms with Crippen molar-refractivity contribution in [2.75, 3.05) is 19.7 Å². The van der Waals surface area contributed by atoms with Gasteiger partial charge in [0.15, 0.2) is 6.10 Å². The number of morpholine rings is 1. The number of hydrogen-bond donors (Lipinski definition) is 2. The first kappa shape index (κ1) is 18.9. The monoisotopic (exact) mass is 347 g/mol. The first-order chi connectivity index (χ1) is 11.9. The van der Waals surface area contributed by atoms with Crippen LogP contribution in [0, 0.1) is 5.92 Å². The Labute approximate surface area is 147 Å². The van der Waals surface area contributed by atoms with Gasteiger partial charge in [0.2, 0.25) is 17.7 Å². The summed E-state index contributed by atoms with van der Waals surface area (Å²) in [7, 11) is 0. The Balaban J connectivity index is 2.00. The molecule has 136 valence electrons. The van der Waals surface area contributed by atoms with Gasteiger partial charge < -0.3 is 20.7 Å². The molecule has 0 aliphatic carbocycles. The van der Waals surface area contributed by atoms with Crippen LogP contribution in [0.4, 0.5) is 0 Å². The van der Waals surface area contributed by atoms with Gasteiger partial charge in [-0.15, -0.1) is 0 Å². The molecule has 1 aliphatic rings. The first-order valence-corrected chi connectivity index (χ1v) is 8.41. The minimum atomic E-state index is -0.800. The van der Waals surface area contributed by atoms with Crippen LogP contribution >= 0.6 is 0 Å². The summed E-state index contributed by atoms with van der Waals surface area (Å²) in [6.45, 7) is 4.49.